The van der Waals surface area contributed by atoms with E-state index in [4.69, 9.17) is 4.74 Å². The van der Waals surface area contributed by atoms with Crippen LogP contribution in [-0.2, 0) is 17.6 Å². The minimum absolute atomic E-state index is 0.0759. The molecule has 0 spiro atoms. The van der Waals surface area contributed by atoms with E-state index in [1.54, 1.807) is 6.33 Å². The maximum Gasteiger partial charge on any atom is 0.262 e. The molecule has 7 heteroatoms. The Morgan fingerprint density at radius 3 is 2.93 bits per heavy atom. The summed E-state index contributed by atoms with van der Waals surface area (Å²) in [4.78, 5) is 14.7. The van der Waals surface area contributed by atoms with Gasteiger partial charge >= 0.3 is 0 Å². The summed E-state index contributed by atoms with van der Waals surface area (Å²) in [6, 6.07) is 13.6. The van der Waals surface area contributed by atoms with Crippen LogP contribution in [0.2, 0.25) is 0 Å². The number of benzene rings is 2. The van der Waals surface area contributed by atoms with Gasteiger partial charge in [-0.1, -0.05) is 25.1 Å². The quantitative estimate of drug-likeness (QED) is 0.698. The first-order chi connectivity index (χ1) is 14.2. The van der Waals surface area contributed by atoms with Crippen LogP contribution in [0.1, 0.15) is 24.7 Å². The molecule has 3 aromatic rings. The second-order valence-electron chi connectivity index (χ2n) is 7.14. The Bertz CT molecular complexity index is 1010. The number of ether oxygens (including phenoxy) is 1. The van der Waals surface area contributed by atoms with Crippen molar-refractivity contribution in [2.75, 3.05) is 30.4 Å². The van der Waals surface area contributed by atoms with Gasteiger partial charge < -0.3 is 15.0 Å². The maximum atomic E-state index is 12.5. The van der Waals surface area contributed by atoms with Crippen LogP contribution in [0.3, 0.4) is 0 Å². The number of rotatable bonds is 6. The van der Waals surface area contributed by atoms with Gasteiger partial charge in [0.15, 0.2) is 6.61 Å². The first kappa shape index (κ1) is 19.0. The lowest BCUT2D eigenvalue weighted by molar-refractivity contribution is -0.118. The zero-order valence-corrected chi connectivity index (χ0v) is 16.8. The predicted molar refractivity (Wildman–Crippen MR) is 113 cm³/mol. The Labute approximate surface area is 170 Å². The summed E-state index contributed by atoms with van der Waals surface area (Å²) in [5.41, 5.74) is 4.10. The number of fused-ring (bicyclic) bond motifs is 1. The standard InChI is InChI=1S/C22H25N5O2/c1-3-21-25-23-15-27(21)18-8-4-5-9-20(18)29-14-22(28)24-17-11-10-16-7-6-12-26(2)19(16)13-17/h4-5,8-11,13,15H,3,6-7,12,14H2,1-2H3,(H,24,28). The summed E-state index contributed by atoms with van der Waals surface area (Å²) in [5, 5.41) is 11.0. The van der Waals surface area contributed by atoms with Crippen molar-refractivity contribution in [3.63, 3.8) is 0 Å². The number of hydrogen-bond donors (Lipinski definition) is 1. The van der Waals surface area contributed by atoms with Gasteiger partial charge in [0.05, 0.1) is 5.69 Å². The first-order valence-electron chi connectivity index (χ1n) is 9.90. The fraction of sp³-hybridized carbons (Fsp3) is 0.318. The van der Waals surface area contributed by atoms with Crippen LogP contribution in [0.25, 0.3) is 5.69 Å². The molecule has 1 aromatic heterocycles. The highest BCUT2D eigenvalue weighted by atomic mass is 16.5. The number of carbonyl (C=O) groups excluding carboxylic acids is 1. The highest BCUT2D eigenvalue weighted by Gasteiger charge is 2.15. The number of carbonyl (C=O) groups is 1. The van der Waals surface area contributed by atoms with Crippen molar-refractivity contribution in [3.05, 3.63) is 60.2 Å². The lowest BCUT2D eigenvalue weighted by Gasteiger charge is -2.28. The molecule has 1 N–H and O–H groups in total. The van der Waals surface area contributed by atoms with E-state index < -0.39 is 0 Å². The van der Waals surface area contributed by atoms with Crippen LogP contribution in [0.5, 0.6) is 5.75 Å². The van der Waals surface area contributed by atoms with Gasteiger partial charge in [0.25, 0.3) is 5.91 Å². The number of nitrogens with one attached hydrogen (secondary N) is 1. The molecule has 1 aliphatic heterocycles. The van der Waals surface area contributed by atoms with Crippen molar-refractivity contribution in [1.29, 1.82) is 0 Å². The maximum absolute atomic E-state index is 12.5. The molecule has 0 atom stereocenters. The molecule has 0 unspecified atom stereocenters. The van der Waals surface area contributed by atoms with Gasteiger partial charge in [-0.25, -0.2) is 0 Å². The van der Waals surface area contributed by atoms with Gasteiger partial charge in [-0.3, -0.25) is 9.36 Å². The molecule has 0 saturated heterocycles. The number of aryl methyl sites for hydroxylation is 2. The summed E-state index contributed by atoms with van der Waals surface area (Å²) in [5.74, 6) is 1.25. The second kappa shape index (κ2) is 8.34. The van der Waals surface area contributed by atoms with E-state index in [1.807, 2.05) is 47.9 Å². The summed E-state index contributed by atoms with van der Waals surface area (Å²) in [6.07, 6.45) is 4.65. The molecule has 150 valence electrons. The lowest BCUT2D eigenvalue weighted by Crippen LogP contribution is -2.25. The molecule has 0 radical (unpaired) electrons. The third-order valence-electron chi connectivity index (χ3n) is 5.14. The molecular weight excluding hydrogens is 366 g/mol. The zero-order valence-electron chi connectivity index (χ0n) is 16.8. The average molecular weight is 391 g/mol. The van der Waals surface area contributed by atoms with E-state index in [0.29, 0.717) is 5.75 Å². The second-order valence-corrected chi connectivity index (χ2v) is 7.14. The number of nitrogens with zero attached hydrogens (tertiary/aromatic N) is 4. The van der Waals surface area contributed by atoms with Crippen LogP contribution >= 0.6 is 0 Å². The summed E-state index contributed by atoms with van der Waals surface area (Å²) >= 11 is 0. The van der Waals surface area contributed by atoms with E-state index in [-0.39, 0.29) is 12.5 Å². The highest BCUT2D eigenvalue weighted by Crippen LogP contribution is 2.29. The van der Waals surface area contributed by atoms with Gasteiger partial charge in [0.1, 0.15) is 17.9 Å². The molecule has 0 fully saturated rings. The molecule has 4 rings (SSSR count). The highest BCUT2D eigenvalue weighted by molar-refractivity contribution is 5.92. The molecule has 7 nitrogen and oxygen atoms in total. The molecule has 0 aliphatic carbocycles. The van der Waals surface area contributed by atoms with E-state index in [9.17, 15) is 4.79 Å². The number of hydrogen-bond acceptors (Lipinski definition) is 5. The van der Waals surface area contributed by atoms with E-state index in [1.165, 1.54) is 11.3 Å². The monoisotopic (exact) mass is 391 g/mol. The Morgan fingerprint density at radius 1 is 1.21 bits per heavy atom. The van der Waals surface area contributed by atoms with Gasteiger partial charge in [-0.15, -0.1) is 10.2 Å². The van der Waals surface area contributed by atoms with Crippen LogP contribution < -0.4 is 15.0 Å². The SMILES string of the molecule is CCc1nncn1-c1ccccc1OCC(=O)Nc1ccc2c(c1)N(C)CCC2. The number of amides is 1. The number of anilines is 2. The van der Waals surface area contributed by atoms with Gasteiger partial charge in [0, 0.05) is 31.4 Å². The van der Waals surface area contributed by atoms with Crippen molar-refractivity contribution in [1.82, 2.24) is 14.8 Å². The van der Waals surface area contributed by atoms with Crippen molar-refractivity contribution in [3.8, 4) is 11.4 Å². The van der Waals surface area contributed by atoms with Crippen LogP contribution in [-0.4, -0.2) is 40.9 Å². The van der Waals surface area contributed by atoms with Crippen LogP contribution in [0, 0.1) is 0 Å². The largest absolute Gasteiger partial charge is 0.482 e. The summed E-state index contributed by atoms with van der Waals surface area (Å²) in [6.45, 7) is 2.98. The lowest BCUT2D eigenvalue weighted by atomic mass is 10.0. The number of aromatic nitrogens is 3. The predicted octanol–water partition coefficient (Wildman–Crippen LogP) is 3.23. The Balaban J connectivity index is 1.44. The van der Waals surface area contributed by atoms with Gasteiger partial charge in [0.2, 0.25) is 0 Å². The van der Waals surface area contributed by atoms with Crippen molar-refractivity contribution in [2.45, 2.75) is 26.2 Å². The van der Waals surface area contributed by atoms with Crippen molar-refractivity contribution < 1.29 is 9.53 Å². The topological polar surface area (TPSA) is 72.3 Å². The fourth-order valence-corrected chi connectivity index (χ4v) is 3.66. The summed E-state index contributed by atoms with van der Waals surface area (Å²) in [7, 11) is 2.08. The third kappa shape index (κ3) is 4.08. The molecule has 29 heavy (non-hydrogen) atoms. The minimum Gasteiger partial charge on any atom is -0.482 e. The van der Waals surface area contributed by atoms with Crippen molar-refractivity contribution in [2.24, 2.45) is 0 Å². The average Bonchev–Trinajstić information content (AvgIpc) is 3.22. The number of para-hydroxylation sites is 2. The molecule has 2 aromatic carbocycles. The zero-order chi connectivity index (χ0) is 20.2. The van der Waals surface area contributed by atoms with Gasteiger partial charge in [-0.05, 0) is 42.7 Å². The van der Waals surface area contributed by atoms with Gasteiger partial charge in [-0.2, -0.15) is 0 Å². The van der Waals surface area contributed by atoms with Crippen LogP contribution in [0.15, 0.2) is 48.8 Å². The smallest absolute Gasteiger partial charge is 0.262 e. The first-order valence-corrected chi connectivity index (χ1v) is 9.90. The normalized spacial score (nSPS) is 13.1. The molecule has 1 amide bonds. The van der Waals surface area contributed by atoms with Crippen molar-refractivity contribution >= 4 is 17.3 Å². The Morgan fingerprint density at radius 2 is 2.07 bits per heavy atom. The minimum atomic E-state index is -0.197. The molecule has 0 bridgehead atoms. The molecule has 0 saturated carbocycles. The Kier molecular flexibility index (Phi) is 5.46. The van der Waals surface area contributed by atoms with E-state index >= 15 is 0 Å². The van der Waals surface area contributed by atoms with Crippen LogP contribution in [0.4, 0.5) is 11.4 Å². The third-order valence-corrected chi connectivity index (χ3v) is 5.14. The molecule has 2 heterocycles. The Hall–Kier alpha value is -3.35. The summed E-state index contributed by atoms with van der Waals surface area (Å²) < 4.78 is 7.71. The van der Waals surface area contributed by atoms with E-state index in [0.717, 1.165) is 43.0 Å². The molecule has 1 aliphatic rings. The van der Waals surface area contributed by atoms with E-state index in [2.05, 4.69) is 33.5 Å². The molecular formula is C22H25N5O2. The fourth-order valence-electron chi connectivity index (χ4n) is 3.66.